The fraction of sp³-hybridized carbons (Fsp3) is 0.250. The number of aryl methyl sites for hydroxylation is 1. The van der Waals surface area contributed by atoms with Crippen molar-refractivity contribution in [3.8, 4) is 39.0 Å². The Bertz CT molecular complexity index is 1800. The molecular formula is C36H33BrO2S5. The van der Waals surface area contributed by atoms with Gasteiger partial charge in [0.05, 0.1) is 3.79 Å². The van der Waals surface area contributed by atoms with E-state index in [4.69, 9.17) is 4.74 Å². The van der Waals surface area contributed by atoms with Gasteiger partial charge < -0.3 is 4.74 Å². The molecule has 0 radical (unpaired) electrons. The van der Waals surface area contributed by atoms with Gasteiger partial charge in [0.25, 0.3) is 0 Å². The molecule has 1 aromatic carbocycles. The van der Waals surface area contributed by atoms with Crippen LogP contribution in [0.2, 0.25) is 0 Å². The predicted molar refractivity (Wildman–Crippen MR) is 198 cm³/mol. The Morgan fingerprint density at radius 2 is 1.25 bits per heavy atom. The van der Waals surface area contributed by atoms with Crippen molar-refractivity contribution in [1.29, 1.82) is 0 Å². The maximum absolute atomic E-state index is 12.7. The fourth-order valence-electron chi connectivity index (χ4n) is 5.06. The summed E-state index contributed by atoms with van der Waals surface area (Å²) in [4.78, 5) is 23.6. The lowest BCUT2D eigenvalue weighted by molar-refractivity contribution is 0.0478. The SMILES string of the molecule is CCCCCCCCc1cc(-c2ccc(-c3ccc(C(=O)OCc4ccccc4)s3)s2)sc1-c1ccc(-c2ccc(Br)s2)s1. The average molecular weight is 738 g/mol. The molecular weight excluding hydrogens is 705 g/mol. The number of carbonyl (C=O) groups is 1. The summed E-state index contributed by atoms with van der Waals surface area (Å²) in [5, 5.41) is 0. The smallest absolute Gasteiger partial charge is 0.348 e. The monoisotopic (exact) mass is 736 g/mol. The minimum Gasteiger partial charge on any atom is -0.457 e. The molecule has 8 heteroatoms. The lowest BCUT2D eigenvalue weighted by atomic mass is 10.0. The molecule has 0 unspecified atom stereocenters. The zero-order chi connectivity index (χ0) is 30.3. The molecule has 2 nitrogen and oxygen atoms in total. The number of ether oxygens (including phenoxy) is 1. The van der Waals surface area contributed by atoms with Crippen LogP contribution < -0.4 is 0 Å². The van der Waals surface area contributed by atoms with Gasteiger partial charge in [0.15, 0.2) is 0 Å². The van der Waals surface area contributed by atoms with Crippen molar-refractivity contribution in [1.82, 2.24) is 0 Å². The third kappa shape index (κ3) is 7.90. The van der Waals surface area contributed by atoms with Crippen molar-refractivity contribution in [3.05, 3.63) is 105 Å². The molecule has 0 aliphatic rings. The van der Waals surface area contributed by atoms with Crippen molar-refractivity contribution < 1.29 is 9.53 Å². The van der Waals surface area contributed by atoms with Crippen LogP contribution in [0.25, 0.3) is 39.0 Å². The predicted octanol–water partition coefficient (Wildman–Crippen LogP) is 13.7. The number of hydrogen-bond acceptors (Lipinski definition) is 7. The highest BCUT2D eigenvalue weighted by atomic mass is 79.9. The lowest BCUT2D eigenvalue weighted by Gasteiger charge is -2.03. The number of carbonyl (C=O) groups excluding carboxylic acids is 1. The second-order valence-corrected chi connectivity index (χ2v) is 17.4. The maximum atomic E-state index is 12.7. The standard InChI is InChI=1S/C36H33BrO2S5/c1-2-3-4-5-6-10-13-25-22-33(44-35(25)31-18-16-28(41-31)29-20-21-34(37)43-29)30-15-14-26(40-30)27-17-19-32(42-27)36(38)39-23-24-11-8-7-9-12-24/h7-9,11-12,14-22H,2-6,10,13,23H2,1H3. The summed E-state index contributed by atoms with van der Waals surface area (Å²) in [5.74, 6) is -0.269. The van der Waals surface area contributed by atoms with Gasteiger partial charge in [-0.05, 0) is 94.5 Å². The molecule has 0 bridgehead atoms. The van der Waals surface area contributed by atoms with E-state index in [1.807, 2.05) is 65.1 Å². The Balaban J connectivity index is 1.19. The molecule has 5 aromatic heterocycles. The number of benzene rings is 1. The highest BCUT2D eigenvalue weighted by Gasteiger charge is 2.18. The quantitative estimate of drug-likeness (QED) is 0.0822. The van der Waals surface area contributed by atoms with Crippen molar-refractivity contribution in [2.75, 3.05) is 0 Å². The lowest BCUT2D eigenvalue weighted by Crippen LogP contribution is -2.02. The van der Waals surface area contributed by atoms with Gasteiger partial charge in [-0.25, -0.2) is 4.79 Å². The van der Waals surface area contributed by atoms with E-state index in [9.17, 15) is 4.79 Å². The van der Waals surface area contributed by atoms with Gasteiger partial charge in [-0.15, -0.1) is 56.7 Å². The molecule has 0 aliphatic heterocycles. The summed E-state index contributed by atoms with van der Waals surface area (Å²) >= 11 is 12.5. The van der Waals surface area contributed by atoms with Crippen LogP contribution in [0.5, 0.6) is 0 Å². The highest BCUT2D eigenvalue weighted by molar-refractivity contribution is 9.11. The minimum atomic E-state index is -0.269. The number of rotatable bonds is 14. The number of thiophene rings is 5. The van der Waals surface area contributed by atoms with Gasteiger partial charge in [-0.2, -0.15) is 0 Å². The maximum Gasteiger partial charge on any atom is 0.348 e. The molecule has 0 N–H and O–H groups in total. The molecule has 5 heterocycles. The van der Waals surface area contributed by atoms with Crippen LogP contribution in [-0.4, -0.2) is 5.97 Å². The first-order valence-corrected chi connectivity index (χ1v) is 19.8. The second-order valence-electron chi connectivity index (χ2n) is 10.6. The second kappa shape index (κ2) is 15.3. The van der Waals surface area contributed by atoms with Crippen LogP contribution in [0.1, 0.15) is 66.2 Å². The molecule has 0 fully saturated rings. The van der Waals surface area contributed by atoms with Crippen LogP contribution >= 0.6 is 72.6 Å². The van der Waals surface area contributed by atoms with Crippen molar-refractivity contribution >= 4 is 78.6 Å². The molecule has 0 spiro atoms. The molecule has 0 aliphatic carbocycles. The molecule has 6 aromatic rings. The normalized spacial score (nSPS) is 11.3. The van der Waals surface area contributed by atoms with Gasteiger partial charge in [-0.3, -0.25) is 0 Å². The van der Waals surface area contributed by atoms with E-state index in [1.165, 1.54) is 93.4 Å². The van der Waals surface area contributed by atoms with Crippen LogP contribution in [0.3, 0.4) is 0 Å². The molecule has 0 saturated heterocycles. The zero-order valence-electron chi connectivity index (χ0n) is 24.5. The van der Waals surface area contributed by atoms with E-state index in [0.717, 1.165) is 16.9 Å². The topological polar surface area (TPSA) is 26.3 Å². The van der Waals surface area contributed by atoms with Crippen LogP contribution in [0, 0.1) is 0 Å². The third-order valence-corrected chi connectivity index (χ3v) is 14.2. The van der Waals surface area contributed by atoms with Gasteiger partial charge in [0.1, 0.15) is 11.5 Å². The van der Waals surface area contributed by atoms with E-state index < -0.39 is 0 Å². The molecule has 6 rings (SSSR count). The van der Waals surface area contributed by atoms with Gasteiger partial charge in [0, 0.05) is 39.0 Å². The number of unbranched alkanes of at least 4 members (excludes halogenated alkanes) is 5. The highest BCUT2D eigenvalue weighted by Crippen LogP contribution is 2.47. The van der Waals surface area contributed by atoms with Crippen molar-refractivity contribution in [2.45, 2.75) is 58.5 Å². The Labute approximate surface area is 288 Å². The van der Waals surface area contributed by atoms with Gasteiger partial charge in [0.2, 0.25) is 0 Å². The van der Waals surface area contributed by atoms with Gasteiger partial charge >= 0.3 is 5.97 Å². The van der Waals surface area contributed by atoms with E-state index in [0.29, 0.717) is 4.88 Å². The van der Waals surface area contributed by atoms with Crippen LogP contribution in [0.4, 0.5) is 0 Å². The summed E-state index contributed by atoms with van der Waals surface area (Å²) in [6.45, 7) is 2.56. The molecule has 0 atom stereocenters. The number of halogens is 1. The summed E-state index contributed by atoms with van der Waals surface area (Å²) in [6.07, 6.45) is 8.94. The largest absolute Gasteiger partial charge is 0.457 e. The third-order valence-electron chi connectivity index (χ3n) is 7.37. The molecule has 44 heavy (non-hydrogen) atoms. The summed E-state index contributed by atoms with van der Waals surface area (Å²) in [7, 11) is 0. The zero-order valence-corrected chi connectivity index (χ0v) is 30.1. The van der Waals surface area contributed by atoms with E-state index >= 15 is 0 Å². The Morgan fingerprint density at radius 1 is 0.636 bits per heavy atom. The van der Waals surface area contributed by atoms with E-state index in [2.05, 4.69) is 65.3 Å². The summed E-state index contributed by atoms with van der Waals surface area (Å²) < 4.78 is 6.73. The van der Waals surface area contributed by atoms with E-state index in [-0.39, 0.29) is 12.6 Å². The Hall–Kier alpha value is -2.33. The summed E-state index contributed by atoms with van der Waals surface area (Å²) in [6, 6.07) is 29.5. The first kappa shape index (κ1) is 31.6. The molecule has 0 amide bonds. The Kier molecular flexibility index (Phi) is 11.0. The van der Waals surface area contributed by atoms with Crippen molar-refractivity contribution in [3.63, 3.8) is 0 Å². The minimum absolute atomic E-state index is 0.269. The van der Waals surface area contributed by atoms with Crippen molar-refractivity contribution in [2.24, 2.45) is 0 Å². The van der Waals surface area contributed by atoms with E-state index in [1.54, 1.807) is 22.7 Å². The fourth-order valence-corrected chi connectivity index (χ4v) is 11.0. The molecule has 226 valence electrons. The first-order valence-electron chi connectivity index (χ1n) is 15.0. The van der Waals surface area contributed by atoms with Gasteiger partial charge in [-0.1, -0.05) is 69.4 Å². The Morgan fingerprint density at radius 3 is 2.00 bits per heavy atom. The number of hydrogen-bond donors (Lipinski definition) is 0. The first-order chi connectivity index (χ1) is 21.6. The molecule has 0 saturated carbocycles. The number of esters is 1. The summed E-state index contributed by atoms with van der Waals surface area (Å²) in [5.41, 5.74) is 2.46. The van der Waals surface area contributed by atoms with Crippen LogP contribution in [-0.2, 0) is 17.8 Å². The average Bonchev–Trinajstić information content (AvgIpc) is 3.87. The van der Waals surface area contributed by atoms with Crippen LogP contribution in [0.15, 0.2) is 88.7 Å².